The molecule has 0 saturated carbocycles. The van der Waals surface area contributed by atoms with Gasteiger partial charge in [-0.2, -0.15) is 13.2 Å². The molecule has 0 spiro atoms. The van der Waals surface area contributed by atoms with Gasteiger partial charge in [0.15, 0.2) is 5.78 Å². The van der Waals surface area contributed by atoms with E-state index in [0.717, 1.165) is 31.5 Å². The monoisotopic (exact) mass is 293 g/mol. The fourth-order valence-corrected chi connectivity index (χ4v) is 2.16. The number of rotatable bonds is 2. The van der Waals surface area contributed by atoms with Crippen molar-refractivity contribution in [2.45, 2.75) is 19.0 Å². The van der Waals surface area contributed by atoms with E-state index in [1.807, 2.05) is 0 Å². The Morgan fingerprint density at radius 3 is 2.63 bits per heavy atom. The number of piperidine rings is 1. The minimum absolute atomic E-state index is 0. The normalized spacial score (nSPS) is 19.6. The molecule has 0 aromatic heterocycles. The van der Waals surface area contributed by atoms with Crippen molar-refractivity contribution in [3.63, 3.8) is 0 Å². The van der Waals surface area contributed by atoms with Gasteiger partial charge in [-0.3, -0.25) is 4.79 Å². The number of ketones is 1. The summed E-state index contributed by atoms with van der Waals surface area (Å²) < 4.78 is 37.6. The topological polar surface area (TPSA) is 29.1 Å². The van der Waals surface area contributed by atoms with E-state index in [1.165, 1.54) is 12.1 Å². The van der Waals surface area contributed by atoms with E-state index in [0.29, 0.717) is 6.54 Å². The minimum Gasteiger partial charge on any atom is -0.316 e. The second-order valence-corrected chi connectivity index (χ2v) is 4.49. The highest BCUT2D eigenvalue weighted by atomic mass is 35.5. The number of carbonyl (C=O) groups excluding carboxylic acids is 1. The number of Topliss-reactive ketones (excluding diaryl/α,β-unsaturated/α-hetero) is 1. The molecule has 2 nitrogen and oxygen atoms in total. The number of carbonyl (C=O) groups is 1. The van der Waals surface area contributed by atoms with E-state index in [4.69, 9.17) is 0 Å². The molecule has 6 heteroatoms. The molecule has 0 aliphatic carbocycles. The predicted molar refractivity (Wildman–Crippen MR) is 68.6 cm³/mol. The van der Waals surface area contributed by atoms with Gasteiger partial charge in [0.05, 0.1) is 5.56 Å². The lowest BCUT2D eigenvalue weighted by molar-refractivity contribution is -0.137. The maximum atomic E-state index is 12.5. The highest BCUT2D eigenvalue weighted by Gasteiger charge is 2.31. The maximum absolute atomic E-state index is 12.5. The summed E-state index contributed by atoms with van der Waals surface area (Å²) in [7, 11) is 0. The summed E-state index contributed by atoms with van der Waals surface area (Å²) in [6.45, 7) is 1.42. The molecule has 0 radical (unpaired) electrons. The Bertz CT molecular complexity index is 442. The van der Waals surface area contributed by atoms with Crippen LogP contribution in [-0.4, -0.2) is 18.9 Å². The third kappa shape index (κ3) is 3.94. The van der Waals surface area contributed by atoms with Crippen molar-refractivity contribution in [1.82, 2.24) is 5.32 Å². The molecule has 0 amide bonds. The Hall–Kier alpha value is -1.07. The highest BCUT2D eigenvalue weighted by Crippen LogP contribution is 2.30. The quantitative estimate of drug-likeness (QED) is 0.848. The number of benzene rings is 1. The van der Waals surface area contributed by atoms with Gasteiger partial charge in [0.1, 0.15) is 0 Å². The van der Waals surface area contributed by atoms with Crippen molar-refractivity contribution in [3.05, 3.63) is 35.4 Å². The number of halogens is 4. The fraction of sp³-hybridized carbons (Fsp3) is 0.462. The van der Waals surface area contributed by atoms with Crippen LogP contribution in [0.2, 0.25) is 0 Å². The van der Waals surface area contributed by atoms with E-state index in [9.17, 15) is 18.0 Å². The van der Waals surface area contributed by atoms with Gasteiger partial charge < -0.3 is 5.32 Å². The van der Waals surface area contributed by atoms with Gasteiger partial charge in [0.2, 0.25) is 0 Å². The van der Waals surface area contributed by atoms with Crippen LogP contribution in [0.25, 0.3) is 0 Å². The first kappa shape index (κ1) is 16.0. The predicted octanol–water partition coefficient (Wildman–Crippen LogP) is 3.31. The van der Waals surface area contributed by atoms with Crippen LogP contribution in [0.1, 0.15) is 28.8 Å². The van der Waals surface area contributed by atoms with Crippen molar-refractivity contribution < 1.29 is 18.0 Å². The van der Waals surface area contributed by atoms with Gasteiger partial charge in [-0.25, -0.2) is 0 Å². The molecule has 1 atom stereocenters. The first-order chi connectivity index (χ1) is 8.48. The summed E-state index contributed by atoms with van der Waals surface area (Å²) in [6, 6.07) is 4.66. The molecule has 1 aromatic rings. The lowest BCUT2D eigenvalue weighted by Crippen LogP contribution is -2.34. The standard InChI is InChI=1S/C13H14F3NO.ClH/c14-13(15,16)11-5-1-3-9(7-11)12(18)10-4-2-6-17-8-10;/h1,3,5,7,10,17H,2,4,6,8H2;1H. The summed E-state index contributed by atoms with van der Waals surface area (Å²) in [6.07, 6.45) is -2.78. The Balaban J connectivity index is 0.00000180. The summed E-state index contributed by atoms with van der Waals surface area (Å²) >= 11 is 0. The van der Waals surface area contributed by atoms with Crippen molar-refractivity contribution >= 4 is 18.2 Å². The van der Waals surface area contributed by atoms with Crippen molar-refractivity contribution in [2.75, 3.05) is 13.1 Å². The summed E-state index contributed by atoms with van der Waals surface area (Å²) in [5.74, 6) is -0.407. The Kier molecular flexibility index (Phi) is 5.38. The molecule has 1 N–H and O–H groups in total. The van der Waals surface area contributed by atoms with Crippen LogP contribution in [0.3, 0.4) is 0 Å². The van der Waals surface area contributed by atoms with E-state index in [2.05, 4.69) is 5.32 Å². The molecule has 1 saturated heterocycles. The summed E-state index contributed by atoms with van der Waals surface area (Å²) in [5.41, 5.74) is -0.615. The van der Waals surface area contributed by atoms with Crippen LogP contribution < -0.4 is 5.32 Å². The van der Waals surface area contributed by atoms with Crippen molar-refractivity contribution in [2.24, 2.45) is 5.92 Å². The van der Waals surface area contributed by atoms with Crippen LogP contribution in [-0.2, 0) is 6.18 Å². The molecular weight excluding hydrogens is 279 g/mol. The van der Waals surface area contributed by atoms with Gasteiger partial charge in [-0.1, -0.05) is 12.1 Å². The second kappa shape index (κ2) is 6.39. The first-order valence-corrected chi connectivity index (χ1v) is 5.90. The number of alkyl halides is 3. The van der Waals surface area contributed by atoms with E-state index < -0.39 is 11.7 Å². The third-order valence-corrected chi connectivity index (χ3v) is 3.14. The zero-order valence-corrected chi connectivity index (χ0v) is 11.0. The fourth-order valence-electron chi connectivity index (χ4n) is 2.16. The van der Waals surface area contributed by atoms with E-state index >= 15 is 0 Å². The summed E-state index contributed by atoms with van der Waals surface area (Å²) in [5, 5.41) is 3.09. The molecule has 1 unspecified atom stereocenters. The summed E-state index contributed by atoms with van der Waals surface area (Å²) in [4.78, 5) is 12.1. The number of hydrogen-bond donors (Lipinski definition) is 1. The van der Waals surface area contributed by atoms with E-state index in [1.54, 1.807) is 0 Å². The molecule has 2 rings (SSSR count). The van der Waals surface area contributed by atoms with Crippen LogP contribution in [0, 0.1) is 5.92 Å². The van der Waals surface area contributed by atoms with Gasteiger partial charge >= 0.3 is 6.18 Å². The van der Waals surface area contributed by atoms with Crippen molar-refractivity contribution in [1.29, 1.82) is 0 Å². The minimum atomic E-state index is -4.40. The van der Waals surface area contributed by atoms with Crippen LogP contribution in [0.5, 0.6) is 0 Å². The molecule has 1 heterocycles. The molecule has 1 aliphatic rings. The largest absolute Gasteiger partial charge is 0.416 e. The molecule has 0 bridgehead atoms. The molecule has 1 fully saturated rings. The smallest absolute Gasteiger partial charge is 0.316 e. The average Bonchev–Trinajstić information content (AvgIpc) is 2.38. The van der Waals surface area contributed by atoms with Gasteiger partial charge in [0.25, 0.3) is 0 Å². The number of hydrogen-bond acceptors (Lipinski definition) is 2. The van der Waals surface area contributed by atoms with Crippen LogP contribution >= 0.6 is 12.4 Å². The first-order valence-electron chi connectivity index (χ1n) is 5.90. The molecule has 1 aliphatic heterocycles. The Morgan fingerprint density at radius 2 is 2.05 bits per heavy atom. The SMILES string of the molecule is Cl.O=C(c1cccc(C(F)(F)F)c1)C1CCCNC1. The van der Waals surface area contributed by atoms with E-state index in [-0.39, 0.29) is 29.7 Å². The molecule has 19 heavy (non-hydrogen) atoms. The van der Waals surface area contributed by atoms with Gasteiger partial charge in [0, 0.05) is 18.0 Å². The second-order valence-electron chi connectivity index (χ2n) is 4.49. The lowest BCUT2D eigenvalue weighted by Gasteiger charge is -2.21. The zero-order valence-electron chi connectivity index (χ0n) is 10.2. The Morgan fingerprint density at radius 1 is 1.32 bits per heavy atom. The van der Waals surface area contributed by atoms with Gasteiger partial charge in [-0.15, -0.1) is 12.4 Å². The van der Waals surface area contributed by atoms with Crippen LogP contribution in [0.4, 0.5) is 13.2 Å². The molecule has 1 aromatic carbocycles. The molecule has 106 valence electrons. The molecular formula is C13H15ClF3NO. The lowest BCUT2D eigenvalue weighted by atomic mass is 9.90. The average molecular weight is 294 g/mol. The highest BCUT2D eigenvalue weighted by molar-refractivity contribution is 5.98. The van der Waals surface area contributed by atoms with Gasteiger partial charge in [-0.05, 0) is 31.5 Å². The Labute approximate surface area is 115 Å². The zero-order chi connectivity index (χ0) is 13.2. The third-order valence-electron chi connectivity index (χ3n) is 3.14. The maximum Gasteiger partial charge on any atom is 0.416 e. The number of nitrogens with one attached hydrogen (secondary N) is 1. The van der Waals surface area contributed by atoms with Crippen LogP contribution in [0.15, 0.2) is 24.3 Å². The van der Waals surface area contributed by atoms with Crippen molar-refractivity contribution in [3.8, 4) is 0 Å².